The van der Waals surface area contributed by atoms with Crippen LogP contribution in [0, 0.1) is 18.8 Å². The minimum Gasteiger partial charge on any atom is -0.468 e. The number of allylic oxidation sites excluding steroid dienone is 3. The zero-order valence-electron chi connectivity index (χ0n) is 18.2. The third-order valence-electron chi connectivity index (χ3n) is 5.81. The molecule has 0 radical (unpaired) electrons. The Morgan fingerprint density at radius 1 is 1.17 bits per heavy atom. The summed E-state index contributed by atoms with van der Waals surface area (Å²) in [6.07, 6.45) is 1.23. The molecule has 0 bridgehead atoms. The summed E-state index contributed by atoms with van der Waals surface area (Å²) < 4.78 is 10.4. The van der Waals surface area contributed by atoms with Crippen molar-refractivity contribution < 1.29 is 23.9 Å². The van der Waals surface area contributed by atoms with E-state index in [1.54, 1.807) is 0 Å². The van der Waals surface area contributed by atoms with Gasteiger partial charge in [-0.1, -0.05) is 43.7 Å². The van der Waals surface area contributed by atoms with Gasteiger partial charge in [0.1, 0.15) is 5.92 Å². The Balaban J connectivity index is 2.15. The van der Waals surface area contributed by atoms with E-state index in [0.29, 0.717) is 36.3 Å². The second-order valence-electron chi connectivity index (χ2n) is 8.08. The predicted molar refractivity (Wildman–Crippen MR) is 112 cm³/mol. The smallest absolute Gasteiger partial charge is 0.336 e. The molecule has 0 aromatic heterocycles. The number of dihydropyridines is 1. The first-order valence-corrected chi connectivity index (χ1v) is 10.4. The number of carbonyl (C=O) groups excluding carboxylic acids is 3. The summed E-state index contributed by atoms with van der Waals surface area (Å²) in [5.74, 6) is -2.94. The number of nitrogens with one attached hydrogen (secondary N) is 1. The van der Waals surface area contributed by atoms with Crippen LogP contribution in [-0.4, -0.2) is 31.4 Å². The van der Waals surface area contributed by atoms with Crippen LogP contribution in [0.2, 0.25) is 0 Å². The highest BCUT2D eigenvalue weighted by Crippen LogP contribution is 2.45. The molecular weight excluding hydrogens is 382 g/mol. The lowest BCUT2D eigenvalue weighted by Crippen LogP contribution is -2.43. The molecule has 30 heavy (non-hydrogen) atoms. The average molecular weight is 411 g/mol. The number of methoxy groups -OCH3 is 1. The van der Waals surface area contributed by atoms with Crippen molar-refractivity contribution in [3.05, 3.63) is 57.9 Å². The topological polar surface area (TPSA) is 81.7 Å². The maximum atomic E-state index is 13.5. The number of hydrogen-bond acceptors (Lipinski definition) is 6. The third-order valence-corrected chi connectivity index (χ3v) is 5.81. The SMILES string of the molecule is CCCOC(=O)C1=C(C)NC2=C(C(=O)[C@H](C(=O)OC)[C@H](C)C2)[C@H]1c1ccc(C)cc1. The predicted octanol–water partition coefficient (Wildman–Crippen LogP) is 3.56. The molecule has 0 saturated carbocycles. The quantitative estimate of drug-likeness (QED) is 0.589. The fourth-order valence-corrected chi connectivity index (χ4v) is 4.32. The number of Topliss-reactive ketones (excluding diaryl/α,β-unsaturated/α-hetero) is 1. The molecule has 0 saturated heterocycles. The molecule has 0 spiro atoms. The average Bonchev–Trinajstić information content (AvgIpc) is 2.71. The van der Waals surface area contributed by atoms with E-state index < -0.39 is 23.8 Å². The number of esters is 2. The summed E-state index contributed by atoms with van der Waals surface area (Å²) in [4.78, 5) is 38.9. The van der Waals surface area contributed by atoms with Gasteiger partial charge in [-0.05, 0) is 38.2 Å². The van der Waals surface area contributed by atoms with Gasteiger partial charge in [0.05, 0.1) is 19.3 Å². The van der Waals surface area contributed by atoms with Crippen LogP contribution in [-0.2, 0) is 23.9 Å². The Kier molecular flexibility index (Phi) is 6.44. The molecule has 3 atom stereocenters. The van der Waals surface area contributed by atoms with Gasteiger partial charge in [0.2, 0.25) is 0 Å². The summed E-state index contributed by atoms with van der Waals surface area (Å²) in [7, 11) is 1.29. The second kappa shape index (κ2) is 8.86. The molecule has 1 aliphatic carbocycles. The highest BCUT2D eigenvalue weighted by molar-refractivity contribution is 6.12. The first kappa shape index (κ1) is 21.8. The molecule has 160 valence electrons. The van der Waals surface area contributed by atoms with Gasteiger partial charge >= 0.3 is 11.9 Å². The monoisotopic (exact) mass is 411 g/mol. The summed E-state index contributed by atoms with van der Waals surface area (Å²) in [6, 6.07) is 7.76. The molecule has 3 rings (SSSR count). The van der Waals surface area contributed by atoms with E-state index in [4.69, 9.17) is 9.47 Å². The van der Waals surface area contributed by atoms with Crippen molar-refractivity contribution in [1.82, 2.24) is 5.32 Å². The molecule has 1 N–H and O–H groups in total. The summed E-state index contributed by atoms with van der Waals surface area (Å²) in [5.41, 5.74) is 4.22. The number of ketones is 1. The number of hydrogen-bond donors (Lipinski definition) is 1. The molecule has 1 aromatic carbocycles. The van der Waals surface area contributed by atoms with Gasteiger partial charge < -0.3 is 14.8 Å². The van der Waals surface area contributed by atoms with Gasteiger partial charge in [-0.25, -0.2) is 4.79 Å². The molecule has 0 fully saturated rings. The van der Waals surface area contributed by atoms with Gasteiger partial charge in [-0.15, -0.1) is 0 Å². The van der Waals surface area contributed by atoms with Crippen LogP contribution in [0.3, 0.4) is 0 Å². The number of rotatable bonds is 5. The van der Waals surface area contributed by atoms with Crippen molar-refractivity contribution in [2.45, 2.75) is 46.5 Å². The Morgan fingerprint density at radius 3 is 2.43 bits per heavy atom. The maximum absolute atomic E-state index is 13.5. The standard InChI is InChI=1S/C24H29NO5/c1-6-11-30-24(28)19-15(4)25-17-12-14(3)18(23(27)29-5)22(26)21(17)20(19)16-9-7-13(2)8-10-16/h7-10,14,18,20,25H,6,11-12H2,1-5H3/t14-,18-,20+/m1/s1. The molecule has 2 aliphatic rings. The Labute approximate surface area is 177 Å². The molecule has 0 amide bonds. The summed E-state index contributed by atoms with van der Waals surface area (Å²) in [5, 5.41) is 3.26. The van der Waals surface area contributed by atoms with E-state index in [1.807, 2.05) is 52.0 Å². The van der Waals surface area contributed by atoms with E-state index in [-0.39, 0.29) is 11.7 Å². The van der Waals surface area contributed by atoms with E-state index >= 15 is 0 Å². The lowest BCUT2D eigenvalue weighted by Gasteiger charge is -2.38. The van der Waals surface area contributed by atoms with E-state index in [9.17, 15) is 14.4 Å². The minimum absolute atomic E-state index is 0.198. The molecule has 6 nitrogen and oxygen atoms in total. The van der Waals surface area contributed by atoms with Crippen LogP contribution in [0.4, 0.5) is 0 Å². The van der Waals surface area contributed by atoms with Crippen molar-refractivity contribution in [2.24, 2.45) is 11.8 Å². The Hall–Kier alpha value is -2.89. The van der Waals surface area contributed by atoms with Gasteiger partial charge in [-0.3, -0.25) is 9.59 Å². The highest BCUT2D eigenvalue weighted by atomic mass is 16.5. The third kappa shape index (κ3) is 3.91. The number of carbonyl (C=O) groups is 3. The van der Waals surface area contributed by atoms with E-state index in [0.717, 1.165) is 16.8 Å². The molecular formula is C24H29NO5. The first-order chi connectivity index (χ1) is 14.3. The zero-order chi connectivity index (χ0) is 22.0. The van der Waals surface area contributed by atoms with Crippen molar-refractivity contribution in [2.75, 3.05) is 13.7 Å². The summed E-state index contributed by atoms with van der Waals surface area (Å²) in [6.45, 7) is 7.91. The molecule has 1 aromatic rings. The Bertz CT molecular complexity index is 925. The van der Waals surface area contributed by atoms with Crippen molar-refractivity contribution in [3.63, 3.8) is 0 Å². The van der Waals surface area contributed by atoms with Crippen LogP contribution in [0.1, 0.15) is 50.7 Å². The van der Waals surface area contributed by atoms with Crippen LogP contribution < -0.4 is 5.32 Å². The van der Waals surface area contributed by atoms with Crippen molar-refractivity contribution in [3.8, 4) is 0 Å². The van der Waals surface area contributed by atoms with Crippen molar-refractivity contribution >= 4 is 17.7 Å². The first-order valence-electron chi connectivity index (χ1n) is 10.4. The zero-order valence-corrected chi connectivity index (χ0v) is 18.2. The van der Waals surface area contributed by atoms with E-state index in [2.05, 4.69) is 5.32 Å². The van der Waals surface area contributed by atoms with Crippen LogP contribution in [0.5, 0.6) is 0 Å². The Morgan fingerprint density at radius 2 is 1.83 bits per heavy atom. The fraction of sp³-hybridized carbons (Fsp3) is 0.458. The van der Waals surface area contributed by atoms with Crippen LogP contribution in [0.25, 0.3) is 0 Å². The molecule has 0 unspecified atom stereocenters. The number of aryl methyl sites for hydroxylation is 1. The number of benzene rings is 1. The highest BCUT2D eigenvalue weighted by Gasteiger charge is 2.47. The molecule has 6 heteroatoms. The largest absolute Gasteiger partial charge is 0.468 e. The minimum atomic E-state index is -0.880. The fourth-order valence-electron chi connectivity index (χ4n) is 4.32. The van der Waals surface area contributed by atoms with Gasteiger partial charge in [-0.2, -0.15) is 0 Å². The number of ether oxygens (including phenoxy) is 2. The maximum Gasteiger partial charge on any atom is 0.336 e. The summed E-state index contributed by atoms with van der Waals surface area (Å²) >= 11 is 0. The normalized spacial score (nSPS) is 23.6. The van der Waals surface area contributed by atoms with Gasteiger partial charge in [0.15, 0.2) is 5.78 Å². The molecule has 1 heterocycles. The molecule has 1 aliphatic heterocycles. The van der Waals surface area contributed by atoms with Crippen LogP contribution >= 0.6 is 0 Å². The van der Waals surface area contributed by atoms with Gasteiger partial charge in [0.25, 0.3) is 0 Å². The lowest BCUT2D eigenvalue weighted by atomic mass is 9.69. The van der Waals surface area contributed by atoms with Crippen LogP contribution in [0.15, 0.2) is 46.8 Å². The lowest BCUT2D eigenvalue weighted by molar-refractivity contribution is -0.151. The van der Waals surface area contributed by atoms with Gasteiger partial charge in [0, 0.05) is 22.9 Å². The van der Waals surface area contributed by atoms with E-state index in [1.165, 1.54) is 7.11 Å². The second-order valence-corrected chi connectivity index (χ2v) is 8.08. The van der Waals surface area contributed by atoms with Crippen molar-refractivity contribution in [1.29, 1.82) is 0 Å².